The second-order valence-corrected chi connectivity index (χ2v) is 7.73. The molecule has 0 bridgehead atoms. The third-order valence-corrected chi connectivity index (χ3v) is 5.59. The molecule has 0 radical (unpaired) electrons. The van der Waals surface area contributed by atoms with Crippen molar-refractivity contribution in [3.63, 3.8) is 0 Å². The Kier molecular flexibility index (Phi) is 5.31. The Morgan fingerprint density at radius 3 is 2.96 bits per heavy atom. The van der Waals surface area contributed by atoms with Crippen LogP contribution in [0, 0.1) is 0 Å². The zero-order valence-corrected chi connectivity index (χ0v) is 15.7. The summed E-state index contributed by atoms with van der Waals surface area (Å²) in [7, 11) is 0. The van der Waals surface area contributed by atoms with Gasteiger partial charge in [-0.25, -0.2) is 4.98 Å². The number of aromatic nitrogens is 2. The Hall–Kier alpha value is -2.51. The highest BCUT2D eigenvalue weighted by molar-refractivity contribution is 7.10. The molecule has 3 heterocycles. The van der Waals surface area contributed by atoms with Crippen LogP contribution in [0.15, 0.2) is 46.6 Å². The number of thiophene rings is 1. The van der Waals surface area contributed by atoms with E-state index in [0.717, 1.165) is 24.3 Å². The van der Waals surface area contributed by atoms with Crippen LogP contribution in [0.1, 0.15) is 23.5 Å². The first kappa shape index (κ1) is 17.9. The van der Waals surface area contributed by atoms with E-state index in [1.54, 1.807) is 22.3 Å². The van der Waals surface area contributed by atoms with Crippen LogP contribution in [0.4, 0.5) is 0 Å². The van der Waals surface area contributed by atoms with Crippen LogP contribution in [0.2, 0.25) is 0 Å². The topological polar surface area (TPSA) is 75.3 Å². The predicted molar refractivity (Wildman–Crippen MR) is 105 cm³/mol. The number of hydrogen-bond acceptors (Lipinski definition) is 5. The number of carbonyl (C=O) groups is 1. The first-order valence-electron chi connectivity index (χ1n) is 9.09. The molecule has 4 rings (SSSR count). The number of carbonyl (C=O) groups excluding carboxylic acids is 1. The number of nitrogens with zero attached hydrogens (tertiary/aromatic N) is 2. The molecule has 0 spiro atoms. The van der Waals surface area contributed by atoms with Crippen LogP contribution in [0.25, 0.3) is 10.9 Å². The summed E-state index contributed by atoms with van der Waals surface area (Å²) in [4.78, 5) is 35.4. The molecule has 140 valence electrons. The van der Waals surface area contributed by atoms with Gasteiger partial charge in [-0.1, -0.05) is 18.2 Å². The third-order valence-electron chi connectivity index (χ3n) is 4.71. The second-order valence-electron chi connectivity index (χ2n) is 6.70. The first-order valence-corrected chi connectivity index (χ1v) is 9.97. The molecule has 3 aromatic rings. The van der Waals surface area contributed by atoms with Gasteiger partial charge in [-0.05, 0) is 36.4 Å². The Balaban J connectivity index is 1.57. The van der Waals surface area contributed by atoms with E-state index in [9.17, 15) is 9.59 Å². The minimum absolute atomic E-state index is 0.0174. The van der Waals surface area contributed by atoms with Gasteiger partial charge in [-0.15, -0.1) is 11.3 Å². The summed E-state index contributed by atoms with van der Waals surface area (Å²) in [6.45, 7) is 1.52. The number of rotatable bonds is 6. The Labute approximate surface area is 160 Å². The van der Waals surface area contributed by atoms with Gasteiger partial charge in [0.05, 0.1) is 30.0 Å². The monoisotopic (exact) mass is 383 g/mol. The lowest BCUT2D eigenvalue weighted by Gasteiger charge is -2.25. The second kappa shape index (κ2) is 8.02. The number of fused-ring (bicyclic) bond motifs is 1. The van der Waals surface area contributed by atoms with Gasteiger partial charge < -0.3 is 14.6 Å². The molecule has 0 aliphatic carbocycles. The van der Waals surface area contributed by atoms with Gasteiger partial charge >= 0.3 is 0 Å². The van der Waals surface area contributed by atoms with Gasteiger partial charge in [0.15, 0.2) is 0 Å². The smallest absolute Gasteiger partial charge is 0.258 e. The average Bonchev–Trinajstić information content (AvgIpc) is 3.35. The molecule has 1 fully saturated rings. The van der Waals surface area contributed by atoms with E-state index < -0.39 is 0 Å². The van der Waals surface area contributed by atoms with Gasteiger partial charge in [0.2, 0.25) is 5.91 Å². The van der Waals surface area contributed by atoms with Crippen LogP contribution in [0.5, 0.6) is 0 Å². The van der Waals surface area contributed by atoms with Gasteiger partial charge in [-0.2, -0.15) is 0 Å². The van der Waals surface area contributed by atoms with Crippen molar-refractivity contribution in [2.75, 3.05) is 13.2 Å². The Bertz CT molecular complexity index is 978. The molecule has 1 aliphatic heterocycles. The van der Waals surface area contributed by atoms with Crippen LogP contribution >= 0.6 is 11.3 Å². The molecule has 0 saturated carbocycles. The van der Waals surface area contributed by atoms with E-state index in [4.69, 9.17) is 4.74 Å². The lowest BCUT2D eigenvalue weighted by molar-refractivity contribution is -0.132. The molecule has 27 heavy (non-hydrogen) atoms. The summed E-state index contributed by atoms with van der Waals surface area (Å²) in [5.74, 6) is 0.514. The number of nitrogens with one attached hydrogen (secondary N) is 1. The quantitative estimate of drug-likeness (QED) is 0.710. The molecule has 2 aromatic heterocycles. The molecular formula is C20H21N3O3S. The molecule has 1 N–H and O–H groups in total. The summed E-state index contributed by atoms with van der Waals surface area (Å²) in [5, 5.41) is 2.52. The number of aromatic amines is 1. The van der Waals surface area contributed by atoms with Gasteiger partial charge in [0, 0.05) is 18.0 Å². The fourth-order valence-electron chi connectivity index (χ4n) is 3.35. The highest BCUT2D eigenvalue weighted by Crippen LogP contribution is 2.17. The van der Waals surface area contributed by atoms with Gasteiger partial charge in [-0.3, -0.25) is 9.59 Å². The number of benzene rings is 1. The number of ether oxygens (including phenoxy) is 1. The lowest BCUT2D eigenvalue weighted by Crippen LogP contribution is -2.38. The maximum absolute atomic E-state index is 12.9. The highest BCUT2D eigenvalue weighted by Gasteiger charge is 2.24. The summed E-state index contributed by atoms with van der Waals surface area (Å²) in [6.07, 6.45) is 2.36. The van der Waals surface area contributed by atoms with Crippen molar-refractivity contribution < 1.29 is 9.53 Å². The van der Waals surface area contributed by atoms with Crippen molar-refractivity contribution in [2.24, 2.45) is 0 Å². The first-order chi connectivity index (χ1) is 13.2. The third kappa shape index (κ3) is 4.26. The predicted octanol–water partition coefficient (Wildman–Crippen LogP) is 2.73. The average molecular weight is 383 g/mol. The fourth-order valence-corrected chi connectivity index (χ4v) is 4.05. The zero-order chi connectivity index (χ0) is 18.6. The SMILES string of the molecule is O=C(Cc1cccs1)N(Cc1nc2ccccc2c(=O)[nH]1)CC1CCCO1. The summed E-state index contributed by atoms with van der Waals surface area (Å²) < 4.78 is 5.72. The van der Waals surface area contributed by atoms with Crippen LogP contribution < -0.4 is 5.56 Å². The van der Waals surface area contributed by atoms with E-state index in [2.05, 4.69) is 9.97 Å². The minimum atomic E-state index is -0.182. The molecular weight excluding hydrogens is 362 g/mol. The van der Waals surface area contributed by atoms with Crippen molar-refractivity contribution in [1.82, 2.24) is 14.9 Å². The molecule has 6 nitrogen and oxygen atoms in total. The summed E-state index contributed by atoms with van der Waals surface area (Å²) in [6, 6.07) is 11.1. The van der Waals surface area contributed by atoms with Crippen LogP contribution in [-0.4, -0.2) is 40.0 Å². The maximum Gasteiger partial charge on any atom is 0.258 e. The van der Waals surface area contributed by atoms with Crippen molar-refractivity contribution in [3.05, 3.63) is 62.8 Å². The van der Waals surface area contributed by atoms with Crippen molar-refractivity contribution >= 4 is 28.1 Å². The van der Waals surface area contributed by atoms with Crippen molar-refractivity contribution in [3.8, 4) is 0 Å². The van der Waals surface area contributed by atoms with Crippen LogP contribution in [0.3, 0.4) is 0 Å². The van der Waals surface area contributed by atoms with Crippen molar-refractivity contribution in [2.45, 2.75) is 31.9 Å². The van der Waals surface area contributed by atoms with Gasteiger partial charge in [0.1, 0.15) is 5.82 Å². The normalized spacial score (nSPS) is 16.7. The standard InChI is InChI=1S/C20H21N3O3S/c24-19(11-15-6-4-10-27-15)23(12-14-5-3-9-26-14)13-18-21-17-8-2-1-7-16(17)20(25)22-18/h1-2,4,6-8,10,14H,3,5,9,11-13H2,(H,21,22,25). The molecule has 1 atom stereocenters. The molecule has 7 heteroatoms. The van der Waals surface area contributed by atoms with Gasteiger partial charge in [0.25, 0.3) is 5.56 Å². The fraction of sp³-hybridized carbons (Fsp3) is 0.350. The zero-order valence-electron chi connectivity index (χ0n) is 14.9. The van der Waals surface area contributed by atoms with E-state index in [0.29, 0.717) is 29.7 Å². The lowest BCUT2D eigenvalue weighted by atomic mass is 10.2. The van der Waals surface area contributed by atoms with E-state index in [1.165, 1.54) is 0 Å². The van der Waals surface area contributed by atoms with E-state index in [1.807, 2.05) is 35.7 Å². The number of H-pyrrole nitrogens is 1. The molecule has 1 aliphatic rings. The molecule has 1 saturated heterocycles. The maximum atomic E-state index is 12.9. The van der Waals surface area contributed by atoms with Crippen LogP contribution in [-0.2, 0) is 22.5 Å². The Morgan fingerprint density at radius 1 is 1.30 bits per heavy atom. The summed E-state index contributed by atoms with van der Waals surface area (Å²) >= 11 is 1.57. The number of amides is 1. The van der Waals surface area contributed by atoms with E-state index >= 15 is 0 Å². The molecule has 1 unspecified atom stereocenters. The Morgan fingerprint density at radius 2 is 2.19 bits per heavy atom. The van der Waals surface area contributed by atoms with E-state index in [-0.39, 0.29) is 24.1 Å². The molecule has 1 amide bonds. The largest absolute Gasteiger partial charge is 0.376 e. The minimum Gasteiger partial charge on any atom is -0.376 e. The number of hydrogen-bond donors (Lipinski definition) is 1. The van der Waals surface area contributed by atoms with Crippen molar-refractivity contribution in [1.29, 1.82) is 0 Å². The highest BCUT2D eigenvalue weighted by atomic mass is 32.1. The summed E-state index contributed by atoms with van der Waals surface area (Å²) in [5.41, 5.74) is 0.456. The molecule has 1 aromatic carbocycles. The number of para-hydroxylation sites is 1.